The first-order valence-electron chi connectivity index (χ1n) is 8.45. The van der Waals surface area contributed by atoms with E-state index in [0.717, 1.165) is 16.2 Å². The van der Waals surface area contributed by atoms with Crippen molar-refractivity contribution < 1.29 is 9.18 Å². The zero-order valence-corrected chi connectivity index (χ0v) is 15.3. The van der Waals surface area contributed by atoms with Crippen molar-refractivity contribution in [2.45, 2.75) is 23.6 Å². The molecule has 0 heterocycles. The lowest BCUT2D eigenvalue weighted by Gasteiger charge is -2.16. The Balaban J connectivity index is 1.70. The molecule has 1 atom stereocenters. The Morgan fingerprint density at radius 1 is 0.962 bits per heavy atom. The number of thioether (sulfide) groups is 1. The van der Waals surface area contributed by atoms with Crippen LogP contribution < -0.4 is 5.32 Å². The van der Waals surface area contributed by atoms with Gasteiger partial charge in [0.15, 0.2) is 0 Å². The highest BCUT2D eigenvalue weighted by molar-refractivity contribution is 7.98. The largest absolute Gasteiger partial charge is 0.345 e. The minimum Gasteiger partial charge on any atom is -0.345 e. The summed E-state index contributed by atoms with van der Waals surface area (Å²) in [4.78, 5) is 13.7. The SMILES string of the molecule is C[C@@H](NC(=O)c1ccccc1SCc1ccccc1)c1ccc(F)cc1. The molecule has 3 aromatic rings. The second kappa shape index (κ2) is 8.68. The van der Waals surface area contributed by atoms with E-state index >= 15 is 0 Å². The minimum atomic E-state index is -0.282. The van der Waals surface area contributed by atoms with Gasteiger partial charge in [-0.3, -0.25) is 4.79 Å². The summed E-state index contributed by atoms with van der Waals surface area (Å²) in [6.45, 7) is 1.89. The number of nitrogens with one attached hydrogen (secondary N) is 1. The number of rotatable bonds is 6. The summed E-state index contributed by atoms with van der Waals surface area (Å²) in [5, 5.41) is 3.00. The number of hydrogen-bond donors (Lipinski definition) is 1. The highest BCUT2D eigenvalue weighted by Crippen LogP contribution is 2.27. The Kier molecular flexibility index (Phi) is 6.08. The molecule has 1 N–H and O–H groups in total. The molecule has 0 aromatic heterocycles. The zero-order chi connectivity index (χ0) is 18.4. The van der Waals surface area contributed by atoms with Gasteiger partial charge in [-0.25, -0.2) is 4.39 Å². The molecule has 1 amide bonds. The number of carbonyl (C=O) groups excluding carboxylic acids is 1. The molecular formula is C22H20FNOS. The molecule has 0 aliphatic heterocycles. The van der Waals surface area contributed by atoms with E-state index < -0.39 is 0 Å². The van der Waals surface area contributed by atoms with Crippen LogP contribution in [0.15, 0.2) is 83.8 Å². The standard InChI is InChI=1S/C22H20FNOS/c1-16(18-11-13-19(23)14-12-18)24-22(25)20-9-5-6-10-21(20)26-15-17-7-3-2-4-8-17/h2-14,16H,15H2,1H3,(H,24,25)/t16-/m1/s1. The highest BCUT2D eigenvalue weighted by atomic mass is 32.2. The van der Waals surface area contributed by atoms with Crippen molar-refractivity contribution in [2.24, 2.45) is 0 Å². The van der Waals surface area contributed by atoms with Gasteiger partial charge in [-0.2, -0.15) is 0 Å². The molecule has 26 heavy (non-hydrogen) atoms. The number of halogens is 1. The van der Waals surface area contributed by atoms with E-state index in [1.54, 1.807) is 23.9 Å². The lowest BCUT2D eigenvalue weighted by atomic mass is 10.1. The Bertz CT molecular complexity index is 865. The molecule has 4 heteroatoms. The van der Waals surface area contributed by atoms with Crippen LogP contribution in [0.2, 0.25) is 0 Å². The molecule has 0 saturated carbocycles. The van der Waals surface area contributed by atoms with Crippen LogP contribution in [0.1, 0.15) is 34.5 Å². The molecule has 2 nitrogen and oxygen atoms in total. The third-order valence-electron chi connectivity index (χ3n) is 4.09. The molecule has 0 aliphatic rings. The summed E-state index contributed by atoms with van der Waals surface area (Å²) >= 11 is 1.64. The van der Waals surface area contributed by atoms with Gasteiger partial charge in [0.1, 0.15) is 5.82 Å². The van der Waals surface area contributed by atoms with Gasteiger partial charge in [0, 0.05) is 10.6 Å². The van der Waals surface area contributed by atoms with Crippen LogP contribution in [0, 0.1) is 5.82 Å². The van der Waals surface area contributed by atoms with E-state index in [1.807, 2.05) is 49.4 Å². The van der Waals surface area contributed by atoms with E-state index in [1.165, 1.54) is 17.7 Å². The van der Waals surface area contributed by atoms with E-state index in [4.69, 9.17) is 0 Å². The topological polar surface area (TPSA) is 29.1 Å². The lowest BCUT2D eigenvalue weighted by molar-refractivity contribution is 0.0937. The number of amides is 1. The summed E-state index contributed by atoms with van der Waals surface area (Å²) in [5.41, 5.74) is 2.74. The minimum absolute atomic E-state index is 0.127. The number of benzene rings is 3. The van der Waals surface area contributed by atoms with E-state index in [0.29, 0.717) is 5.56 Å². The van der Waals surface area contributed by atoms with Gasteiger partial charge in [0.25, 0.3) is 5.91 Å². The smallest absolute Gasteiger partial charge is 0.252 e. The van der Waals surface area contributed by atoms with Crippen molar-refractivity contribution in [2.75, 3.05) is 0 Å². The maximum Gasteiger partial charge on any atom is 0.252 e. The van der Waals surface area contributed by atoms with Crippen molar-refractivity contribution in [1.82, 2.24) is 5.32 Å². The summed E-state index contributed by atoms with van der Waals surface area (Å²) in [5.74, 6) is 0.395. The van der Waals surface area contributed by atoms with Gasteiger partial charge in [0.2, 0.25) is 0 Å². The highest BCUT2D eigenvalue weighted by Gasteiger charge is 2.15. The second-order valence-electron chi connectivity index (χ2n) is 6.02. The van der Waals surface area contributed by atoms with Crippen molar-refractivity contribution in [3.63, 3.8) is 0 Å². The van der Waals surface area contributed by atoms with Crippen LogP contribution in [0.4, 0.5) is 4.39 Å². The summed E-state index contributed by atoms with van der Waals surface area (Å²) < 4.78 is 13.1. The third kappa shape index (κ3) is 4.73. The van der Waals surface area contributed by atoms with Crippen molar-refractivity contribution in [3.05, 3.63) is 101 Å². The van der Waals surface area contributed by atoms with E-state index in [-0.39, 0.29) is 17.8 Å². The van der Waals surface area contributed by atoms with Crippen LogP contribution >= 0.6 is 11.8 Å². The van der Waals surface area contributed by atoms with Gasteiger partial charge in [-0.15, -0.1) is 11.8 Å². The predicted octanol–water partition coefficient (Wildman–Crippen LogP) is 5.61. The maximum atomic E-state index is 13.1. The molecule has 0 unspecified atom stereocenters. The molecule has 0 spiro atoms. The van der Waals surface area contributed by atoms with Crippen LogP contribution in [-0.2, 0) is 5.75 Å². The van der Waals surface area contributed by atoms with Gasteiger partial charge in [-0.05, 0) is 42.3 Å². The molecule has 0 aliphatic carbocycles. The Morgan fingerprint density at radius 3 is 2.35 bits per heavy atom. The first kappa shape index (κ1) is 18.2. The van der Waals surface area contributed by atoms with Gasteiger partial charge >= 0.3 is 0 Å². The Morgan fingerprint density at radius 2 is 1.62 bits per heavy atom. The van der Waals surface area contributed by atoms with Crippen molar-refractivity contribution in [3.8, 4) is 0 Å². The van der Waals surface area contributed by atoms with E-state index in [2.05, 4.69) is 17.4 Å². The van der Waals surface area contributed by atoms with Gasteiger partial charge in [-0.1, -0.05) is 54.6 Å². The average Bonchev–Trinajstić information content (AvgIpc) is 2.68. The zero-order valence-electron chi connectivity index (χ0n) is 14.5. The predicted molar refractivity (Wildman–Crippen MR) is 105 cm³/mol. The lowest BCUT2D eigenvalue weighted by Crippen LogP contribution is -2.27. The fourth-order valence-corrected chi connectivity index (χ4v) is 3.63. The molecular weight excluding hydrogens is 345 g/mol. The number of hydrogen-bond acceptors (Lipinski definition) is 2. The van der Waals surface area contributed by atoms with Gasteiger partial charge < -0.3 is 5.32 Å². The molecule has 0 saturated heterocycles. The fraction of sp³-hybridized carbons (Fsp3) is 0.136. The monoisotopic (exact) mass is 365 g/mol. The van der Waals surface area contributed by atoms with Crippen molar-refractivity contribution in [1.29, 1.82) is 0 Å². The fourth-order valence-electron chi connectivity index (χ4n) is 2.62. The molecule has 3 aromatic carbocycles. The Hall–Kier alpha value is -2.59. The second-order valence-corrected chi connectivity index (χ2v) is 7.03. The molecule has 0 bridgehead atoms. The first-order valence-corrected chi connectivity index (χ1v) is 9.44. The number of carbonyl (C=O) groups is 1. The average molecular weight is 365 g/mol. The van der Waals surface area contributed by atoms with Gasteiger partial charge in [0.05, 0.1) is 11.6 Å². The molecule has 3 rings (SSSR count). The normalized spacial score (nSPS) is 11.8. The molecule has 132 valence electrons. The third-order valence-corrected chi connectivity index (χ3v) is 5.23. The summed E-state index contributed by atoms with van der Waals surface area (Å²) in [7, 11) is 0. The van der Waals surface area contributed by atoms with Crippen LogP contribution in [-0.4, -0.2) is 5.91 Å². The summed E-state index contributed by atoms with van der Waals surface area (Å²) in [6, 6.07) is 23.8. The summed E-state index contributed by atoms with van der Waals surface area (Å²) in [6.07, 6.45) is 0. The van der Waals surface area contributed by atoms with Crippen LogP contribution in [0.5, 0.6) is 0 Å². The quantitative estimate of drug-likeness (QED) is 0.575. The van der Waals surface area contributed by atoms with Crippen LogP contribution in [0.25, 0.3) is 0 Å². The Labute approximate surface area is 157 Å². The molecule has 0 radical (unpaired) electrons. The van der Waals surface area contributed by atoms with E-state index in [9.17, 15) is 9.18 Å². The maximum absolute atomic E-state index is 13.1. The van der Waals surface area contributed by atoms with Crippen molar-refractivity contribution >= 4 is 17.7 Å². The molecule has 0 fully saturated rings. The first-order chi connectivity index (χ1) is 12.6. The van der Waals surface area contributed by atoms with Crippen LogP contribution in [0.3, 0.4) is 0 Å².